The van der Waals surface area contributed by atoms with Gasteiger partial charge in [0.1, 0.15) is 0 Å². The summed E-state index contributed by atoms with van der Waals surface area (Å²) < 4.78 is 25.7. The van der Waals surface area contributed by atoms with Crippen LogP contribution in [0.3, 0.4) is 0 Å². The SMILES string of the molecule is CC(=O)NCc1ccc(-c2nc(NC(=O)c3cccc(S(=O)(=O)N(C)C)c3)sc2C)s1. The van der Waals surface area contributed by atoms with Crippen molar-refractivity contribution in [3.8, 4) is 10.6 Å². The summed E-state index contributed by atoms with van der Waals surface area (Å²) in [7, 11) is -0.760. The Hall–Kier alpha value is -2.60. The lowest BCUT2D eigenvalue weighted by Crippen LogP contribution is -2.22. The summed E-state index contributed by atoms with van der Waals surface area (Å²) in [6.07, 6.45) is 0. The van der Waals surface area contributed by atoms with Crippen LogP contribution in [0.2, 0.25) is 0 Å². The zero-order valence-corrected chi connectivity index (χ0v) is 19.9. The first-order valence-electron chi connectivity index (χ1n) is 9.23. The molecule has 3 aromatic rings. The van der Waals surface area contributed by atoms with E-state index in [0.29, 0.717) is 11.7 Å². The molecule has 0 unspecified atom stereocenters. The van der Waals surface area contributed by atoms with Crippen LogP contribution >= 0.6 is 22.7 Å². The topological polar surface area (TPSA) is 108 Å². The standard InChI is InChI=1S/C20H22N4O4S3/c1-12-18(17-9-8-15(30-17)11-21-13(2)25)22-20(29-12)23-19(26)14-6-5-7-16(10-14)31(27,28)24(3)4/h5-10H,11H2,1-4H3,(H,21,25)(H,22,23,26). The van der Waals surface area contributed by atoms with Crippen molar-refractivity contribution in [1.29, 1.82) is 0 Å². The summed E-state index contributed by atoms with van der Waals surface area (Å²) in [5, 5.41) is 5.94. The van der Waals surface area contributed by atoms with Gasteiger partial charge in [0.2, 0.25) is 15.9 Å². The molecule has 0 aliphatic rings. The first kappa shape index (κ1) is 23.1. The number of nitrogens with one attached hydrogen (secondary N) is 2. The van der Waals surface area contributed by atoms with Gasteiger partial charge in [0, 0.05) is 36.3 Å². The highest BCUT2D eigenvalue weighted by Crippen LogP contribution is 2.35. The van der Waals surface area contributed by atoms with Gasteiger partial charge in [0.05, 0.1) is 22.0 Å². The Labute approximate surface area is 189 Å². The Bertz CT molecular complexity index is 1230. The number of rotatable bonds is 7. The van der Waals surface area contributed by atoms with E-state index in [-0.39, 0.29) is 16.4 Å². The lowest BCUT2D eigenvalue weighted by atomic mass is 10.2. The molecule has 0 saturated heterocycles. The third-order valence-corrected chi connectivity index (χ3v) is 8.09. The van der Waals surface area contributed by atoms with Crippen molar-refractivity contribution in [3.05, 3.63) is 51.7 Å². The molecular weight excluding hydrogens is 456 g/mol. The van der Waals surface area contributed by atoms with Crippen LogP contribution in [0.5, 0.6) is 0 Å². The van der Waals surface area contributed by atoms with Gasteiger partial charge in [-0.25, -0.2) is 17.7 Å². The van der Waals surface area contributed by atoms with Gasteiger partial charge in [-0.3, -0.25) is 14.9 Å². The number of benzene rings is 1. The van der Waals surface area contributed by atoms with Gasteiger partial charge < -0.3 is 5.32 Å². The molecule has 31 heavy (non-hydrogen) atoms. The van der Waals surface area contributed by atoms with Crippen molar-refractivity contribution in [1.82, 2.24) is 14.6 Å². The minimum Gasteiger partial charge on any atom is -0.351 e. The van der Waals surface area contributed by atoms with Crippen molar-refractivity contribution < 1.29 is 18.0 Å². The minimum absolute atomic E-state index is 0.0476. The maximum absolute atomic E-state index is 12.7. The highest BCUT2D eigenvalue weighted by Gasteiger charge is 2.20. The van der Waals surface area contributed by atoms with E-state index in [1.165, 1.54) is 61.9 Å². The Kier molecular flexibility index (Phi) is 6.90. The lowest BCUT2D eigenvalue weighted by Gasteiger charge is -2.12. The van der Waals surface area contributed by atoms with Gasteiger partial charge in [-0.2, -0.15) is 0 Å². The van der Waals surface area contributed by atoms with Crippen molar-refractivity contribution in [2.24, 2.45) is 0 Å². The number of amides is 2. The number of thiophene rings is 1. The molecule has 2 heterocycles. The zero-order valence-electron chi connectivity index (χ0n) is 17.4. The fourth-order valence-electron chi connectivity index (χ4n) is 2.67. The van der Waals surface area contributed by atoms with Gasteiger partial charge in [-0.05, 0) is 37.3 Å². The Morgan fingerprint density at radius 3 is 2.55 bits per heavy atom. The monoisotopic (exact) mass is 478 g/mol. The molecule has 164 valence electrons. The average Bonchev–Trinajstić information content (AvgIpc) is 3.32. The second-order valence-corrected chi connectivity index (χ2v) is 11.4. The molecule has 2 amide bonds. The molecule has 0 aliphatic carbocycles. The molecule has 1 aromatic carbocycles. The lowest BCUT2D eigenvalue weighted by molar-refractivity contribution is -0.119. The van der Waals surface area contributed by atoms with Crippen molar-refractivity contribution in [2.45, 2.75) is 25.3 Å². The highest BCUT2D eigenvalue weighted by atomic mass is 32.2. The molecule has 8 nitrogen and oxygen atoms in total. The molecule has 3 rings (SSSR count). The first-order chi connectivity index (χ1) is 14.6. The number of hydrogen-bond donors (Lipinski definition) is 2. The summed E-state index contributed by atoms with van der Waals surface area (Å²) in [6, 6.07) is 9.76. The van der Waals surface area contributed by atoms with Gasteiger partial charge in [-0.1, -0.05) is 6.07 Å². The van der Waals surface area contributed by atoms with E-state index < -0.39 is 15.9 Å². The molecule has 0 atom stereocenters. The normalized spacial score (nSPS) is 11.5. The summed E-state index contributed by atoms with van der Waals surface area (Å²) >= 11 is 2.87. The van der Waals surface area contributed by atoms with E-state index in [2.05, 4.69) is 15.6 Å². The number of sulfonamides is 1. The molecule has 2 N–H and O–H groups in total. The molecule has 0 spiro atoms. The Balaban J connectivity index is 1.78. The maximum Gasteiger partial charge on any atom is 0.257 e. The highest BCUT2D eigenvalue weighted by molar-refractivity contribution is 7.89. The quantitative estimate of drug-likeness (QED) is 0.542. The predicted molar refractivity (Wildman–Crippen MR) is 123 cm³/mol. The van der Waals surface area contributed by atoms with Crippen LogP contribution in [0, 0.1) is 6.92 Å². The molecule has 2 aromatic heterocycles. The van der Waals surface area contributed by atoms with Crippen LogP contribution in [0.1, 0.15) is 27.0 Å². The molecule has 0 radical (unpaired) electrons. The first-order valence-corrected chi connectivity index (χ1v) is 12.3. The molecule has 0 aliphatic heterocycles. The smallest absolute Gasteiger partial charge is 0.257 e. The number of carbonyl (C=O) groups is 2. The number of anilines is 1. The number of carbonyl (C=O) groups excluding carboxylic acids is 2. The zero-order chi connectivity index (χ0) is 22.8. The molecule has 0 saturated carbocycles. The van der Waals surface area contributed by atoms with Crippen LogP contribution in [0.4, 0.5) is 5.13 Å². The third-order valence-electron chi connectivity index (χ3n) is 4.30. The molecule has 11 heteroatoms. The minimum atomic E-state index is -3.64. The van der Waals surface area contributed by atoms with Gasteiger partial charge >= 0.3 is 0 Å². The van der Waals surface area contributed by atoms with Gasteiger partial charge in [0.25, 0.3) is 5.91 Å². The summed E-state index contributed by atoms with van der Waals surface area (Å²) in [5.41, 5.74) is 0.995. The second-order valence-electron chi connectivity index (χ2n) is 6.87. The molecular formula is C20H22N4O4S3. The van der Waals surface area contributed by atoms with Crippen molar-refractivity contribution in [3.63, 3.8) is 0 Å². The van der Waals surface area contributed by atoms with Crippen LogP contribution in [0.15, 0.2) is 41.3 Å². The summed E-state index contributed by atoms with van der Waals surface area (Å²) in [5.74, 6) is -0.527. The average molecular weight is 479 g/mol. The fraction of sp³-hybridized carbons (Fsp3) is 0.250. The Morgan fingerprint density at radius 2 is 1.87 bits per heavy atom. The predicted octanol–water partition coefficient (Wildman–Crippen LogP) is 3.32. The second kappa shape index (κ2) is 9.27. The van der Waals surface area contributed by atoms with E-state index in [1.54, 1.807) is 6.07 Å². The van der Waals surface area contributed by atoms with Crippen LogP contribution in [0.25, 0.3) is 10.6 Å². The summed E-state index contributed by atoms with van der Waals surface area (Å²) in [4.78, 5) is 31.2. The number of nitrogens with zero attached hydrogens (tertiary/aromatic N) is 2. The van der Waals surface area contributed by atoms with Crippen LogP contribution < -0.4 is 10.6 Å². The Morgan fingerprint density at radius 1 is 1.13 bits per heavy atom. The maximum atomic E-state index is 12.7. The largest absolute Gasteiger partial charge is 0.351 e. The van der Waals surface area contributed by atoms with E-state index in [4.69, 9.17) is 0 Å². The van der Waals surface area contributed by atoms with Crippen molar-refractivity contribution in [2.75, 3.05) is 19.4 Å². The number of thiazole rings is 1. The van der Waals surface area contributed by atoms with Crippen LogP contribution in [-0.2, 0) is 21.4 Å². The number of aryl methyl sites for hydroxylation is 1. The van der Waals surface area contributed by atoms with E-state index in [1.807, 2.05) is 19.1 Å². The number of aromatic nitrogens is 1. The van der Waals surface area contributed by atoms with Gasteiger partial charge in [0.15, 0.2) is 5.13 Å². The van der Waals surface area contributed by atoms with Crippen molar-refractivity contribution >= 4 is 49.6 Å². The fourth-order valence-corrected chi connectivity index (χ4v) is 5.50. The summed E-state index contributed by atoms with van der Waals surface area (Å²) in [6.45, 7) is 3.85. The number of hydrogen-bond acceptors (Lipinski definition) is 7. The third kappa shape index (κ3) is 5.37. The van der Waals surface area contributed by atoms with E-state index in [0.717, 1.165) is 24.6 Å². The van der Waals surface area contributed by atoms with Gasteiger partial charge in [-0.15, -0.1) is 22.7 Å². The van der Waals surface area contributed by atoms with E-state index >= 15 is 0 Å². The van der Waals surface area contributed by atoms with E-state index in [9.17, 15) is 18.0 Å². The molecule has 0 bridgehead atoms. The van der Waals surface area contributed by atoms with Crippen LogP contribution in [-0.4, -0.2) is 43.6 Å². The molecule has 0 fully saturated rings.